The van der Waals surface area contributed by atoms with Gasteiger partial charge in [-0.15, -0.1) is 0 Å². The van der Waals surface area contributed by atoms with Gasteiger partial charge in [-0.25, -0.2) is 0 Å². The van der Waals surface area contributed by atoms with Crippen molar-refractivity contribution in [1.82, 2.24) is 5.32 Å². The number of piperidine rings is 1. The third kappa shape index (κ3) is 2.70. The Morgan fingerprint density at radius 1 is 1.14 bits per heavy atom. The van der Waals surface area contributed by atoms with Crippen LogP contribution in [0, 0.1) is 5.92 Å². The van der Waals surface area contributed by atoms with Gasteiger partial charge in [-0.05, 0) is 55.0 Å². The summed E-state index contributed by atoms with van der Waals surface area (Å²) in [6.45, 7) is 14.0. The number of fused-ring (bicyclic) bond motifs is 2. The van der Waals surface area contributed by atoms with Gasteiger partial charge in [-0.1, -0.05) is 39.8 Å². The molecule has 1 N–H and O–H groups in total. The van der Waals surface area contributed by atoms with Crippen molar-refractivity contribution >= 4 is 5.69 Å². The maximum atomic E-state index is 3.54. The van der Waals surface area contributed by atoms with Crippen LogP contribution in [0.25, 0.3) is 0 Å². The van der Waals surface area contributed by atoms with Gasteiger partial charge in [0.25, 0.3) is 0 Å². The molecule has 1 fully saturated rings. The van der Waals surface area contributed by atoms with E-state index >= 15 is 0 Å². The van der Waals surface area contributed by atoms with Crippen LogP contribution in [0.2, 0.25) is 0 Å². The summed E-state index contributed by atoms with van der Waals surface area (Å²) in [7, 11) is 0. The number of rotatable bonds is 3. The van der Waals surface area contributed by atoms with Crippen LogP contribution >= 0.6 is 0 Å². The van der Waals surface area contributed by atoms with E-state index < -0.39 is 0 Å². The van der Waals surface area contributed by atoms with E-state index in [2.05, 4.69) is 56.1 Å². The molecule has 3 rings (SSSR count). The van der Waals surface area contributed by atoms with Crippen molar-refractivity contribution in [2.24, 2.45) is 5.92 Å². The first-order chi connectivity index (χ1) is 10.0. The molecule has 0 aliphatic carbocycles. The highest BCUT2D eigenvalue weighted by Gasteiger charge is 2.43. The summed E-state index contributed by atoms with van der Waals surface area (Å²) < 4.78 is 0. The third-order valence-corrected chi connectivity index (χ3v) is 5.24. The lowest BCUT2D eigenvalue weighted by Gasteiger charge is -2.35. The van der Waals surface area contributed by atoms with Crippen LogP contribution in [0.15, 0.2) is 18.2 Å². The molecule has 1 aromatic carbocycles. The standard InChI is InChI=1S/C19H30N2/c1-14(2)12-21-13-19(7-9-20-10-8-19)17-11-16(15(3)4)5-6-18(17)21/h5-6,11,14-15,20H,7-10,12-13H2,1-4H3. The van der Waals surface area contributed by atoms with Crippen LogP contribution in [0.5, 0.6) is 0 Å². The molecule has 116 valence electrons. The van der Waals surface area contributed by atoms with E-state index in [0.29, 0.717) is 11.3 Å². The maximum absolute atomic E-state index is 3.54. The third-order valence-electron chi connectivity index (χ3n) is 5.24. The van der Waals surface area contributed by atoms with Gasteiger partial charge in [0.2, 0.25) is 0 Å². The van der Waals surface area contributed by atoms with Crippen LogP contribution in [-0.4, -0.2) is 26.2 Å². The average Bonchev–Trinajstić information content (AvgIpc) is 2.72. The van der Waals surface area contributed by atoms with E-state index in [9.17, 15) is 0 Å². The van der Waals surface area contributed by atoms with Gasteiger partial charge in [-0.3, -0.25) is 0 Å². The minimum Gasteiger partial charge on any atom is -0.370 e. The Hall–Kier alpha value is -1.02. The van der Waals surface area contributed by atoms with E-state index in [0.717, 1.165) is 5.92 Å². The molecule has 0 radical (unpaired) electrons. The first kappa shape index (κ1) is 14.9. The Labute approximate surface area is 129 Å². The Kier molecular flexibility index (Phi) is 4.00. The van der Waals surface area contributed by atoms with Gasteiger partial charge in [0.1, 0.15) is 0 Å². The van der Waals surface area contributed by atoms with Gasteiger partial charge in [-0.2, -0.15) is 0 Å². The van der Waals surface area contributed by atoms with Gasteiger partial charge in [0, 0.05) is 24.2 Å². The summed E-state index contributed by atoms with van der Waals surface area (Å²) in [5.74, 6) is 1.34. The van der Waals surface area contributed by atoms with E-state index in [1.807, 2.05) is 0 Å². The summed E-state index contributed by atoms with van der Waals surface area (Å²) in [6, 6.07) is 7.26. The molecule has 0 aromatic heterocycles. The second-order valence-electron chi connectivity index (χ2n) is 7.74. The quantitative estimate of drug-likeness (QED) is 0.906. The zero-order chi connectivity index (χ0) is 15.0. The molecule has 0 bridgehead atoms. The monoisotopic (exact) mass is 286 g/mol. The predicted octanol–water partition coefficient (Wildman–Crippen LogP) is 3.91. The maximum Gasteiger partial charge on any atom is 0.0405 e. The summed E-state index contributed by atoms with van der Waals surface area (Å²) in [5.41, 5.74) is 5.05. The molecule has 0 unspecified atom stereocenters. The molecular formula is C19H30N2. The number of hydrogen-bond donors (Lipinski definition) is 1. The van der Waals surface area contributed by atoms with Crippen LogP contribution in [0.3, 0.4) is 0 Å². The van der Waals surface area contributed by atoms with E-state index in [-0.39, 0.29) is 0 Å². The number of benzene rings is 1. The fourth-order valence-corrected chi connectivity index (χ4v) is 4.09. The second kappa shape index (κ2) is 5.64. The van der Waals surface area contributed by atoms with Crippen molar-refractivity contribution in [3.05, 3.63) is 29.3 Å². The lowest BCUT2D eigenvalue weighted by atomic mass is 9.74. The highest BCUT2D eigenvalue weighted by Crippen LogP contribution is 2.47. The van der Waals surface area contributed by atoms with Gasteiger partial charge >= 0.3 is 0 Å². The van der Waals surface area contributed by atoms with Gasteiger partial charge in [0.05, 0.1) is 0 Å². The largest absolute Gasteiger partial charge is 0.370 e. The van der Waals surface area contributed by atoms with Crippen molar-refractivity contribution < 1.29 is 0 Å². The van der Waals surface area contributed by atoms with Crippen molar-refractivity contribution in [3.8, 4) is 0 Å². The zero-order valence-electron chi connectivity index (χ0n) is 14.1. The molecule has 0 amide bonds. The minimum absolute atomic E-state index is 0.403. The summed E-state index contributed by atoms with van der Waals surface area (Å²) >= 11 is 0. The van der Waals surface area contributed by atoms with Crippen LogP contribution in [-0.2, 0) is 5.41 Å². The normalized spacial score (nSPS) is 20.6. The fraction of sp³-hybridized carbons (Fsp3) is 0.684. The molecule has 1 aromatic rings. The molecule has 2 heterocycles. The van der Waals surface area contributed by atoms with Crippen LogP contribution in [0.4, 0.5) is 5.69 Å². The lowest BCUT2D eigenvalue weighted by molar-refractivity contribution is 0.323. The van der Waals surface area contributed by atoms with Crippen molar-refractivity contribution in [2.45, 2.75) is 51.9 Å². The first-order valence-electron chi connectivity index (χ1n) is 8.62. The Balaban J connectivity index is 2.01. The number of anilines is 1. The molecule has 0 atom stereocenters. The van der Waals surface area contributed by atoms with Crippen molar-refractivity contribution in [3.63, 3.8) is 0 Å². The highest BCUT2D eigenvalue weighted by atomic mass is 15.2. The Bertz CT molecular complexity index is 498. The molecule has 1 spiro atoms. The summed E-state index contributed by atoms with van der Waals surface area (Å²) in [6.07, 6.45) is 2.58. The van der Waals surface area contributed by atoms with Gasteiger partial charge in [0.15, 0.2) is 0 Å². The molecule has 1 saturated heterocycles. The predicted molar refractivity (Wildman–Crippen MR) is 91.4 cm³/mol. The molecule has 21 heavy (non-hydrogen) atoms. The van der Waals surface area contributed by atoms with Gasteiger partial charge < -0.3 is 10.2 Å². The number of hydrogen-bond acceptors (Lipinski definition) is 2. The number of nitrogens with zero attached hydrogens (tertiary/aromatic N) is 1. The SMILES string of the molecule is CC(C)CN1CC2(CCNCC2)c2cc(C(C)C)ccc21. The summed E-state index contributed by atoms with van der Waals surface area (Å²) in [4.78, 5) is 2.65. The van der Waals surface area contributed by atoms with Crippen LogP contribution in [0.1, 0.15) is 57.6 Å². The molecule has 2 heteroatoms. The van der Waals surface area contributed by atoms with E-state index in [1.54, 1.807) is 5.56 Å². The summed E-state index contributed by atoms with van der Waals surface area (Å²) in [5, 5.41) is 3.54. The van der Waals surface area contributed by atoms with E-state index in [4.69, 9.17) is 0 Å². The average molecular weight is 286 g/mol. The molecular weight excluding hydrogens is 256 g/mol. The Morgan fingerprint density at radius 3 is 2.48 bits per heavy atom. The van der Waals surface area contributed by atoms with E-state index in [1.165, 1.54) is 50.3 Å². The molecule has 0 saturated carbocycles. The molecule has 2 nitrogen and oxygen atoms in total. The first-order valence-corrected chi connectivity index (χ1v) is 8.62. The second-order valence-corrected chi connectivity index (χ2v) is 7.74. The Morgan fingerprint density at radius 2 is 1.86 bits per heavy atom. The van der Waals surface area contributed by atoms with Crippen LogP contribution < -0.4 is 10.2 Å². The number of nitrogens with one attached hydrogen (secondary N) is 1. The highest BCUT2D eigenvalue weighted by molar-refractivity contribution is 5.64. The molecule has 2 aliphatic heterocycles. The lowest BCUT2D eigenvalue weighted by Crippen LogP contribution is -2.43. The van der Waals surface area contributed by atoms with Crippen molar-refractivity contribution in [1.29, 1.82) is 0 Å². The van der Waals surface area contributed by atoms with Crippen molar-refractivity contribution in [2.75, 3.05) is 31.1 Å². The topological polar surface area (TPSA) is 15.3 Å². The molecule has 2 aliphatic rings. The smallest absolute Gasteiger partial charge is 0.0405 e. The fourth-order valence-electron chi connectivity index (χ4n) is 4.09. The minimum atomic E-state index is 0.403. The zero-order valence-corrected chi connectivity index (χ0v) is 14.1.